The van der Waals surface area contributed by atoms with Crippen LogP contribution in [0.25, 0.3) is 0 Å². The summed E-state index contributed by atoms with van der Waals surface area (Å²) in [5.74, 6) is 0. The molecule has 0 radical (unpaired) electrons. The van der Waals surface area contributed by atoms with E-state index in [1.165, 1.54) is 57.8 Å². The van der Waals surface area contributed by atoms with Gasteiger partial charge in [0, 0.05) is 5.25 Å². The Hall–Kier alpha value is 1.51. The average Bonchev–Trinajstić information content (AvgIpc) is 2.58. The molecule has 1 N–H and O–H groups in total. The van der Waals surface area contributed by atoms with E-state index in [-0.39, 0.29) is 57.5 Å². The Morgan fingerprint density at radius 2 is 1.07 bits per heavy atom. The second-order valence-electron chi connectivity index (χ2n) is 7.81. The van der Waals surface area contributed by atoms with Gasteiger partial charge in [-0.05, 0) is 32.1 Å². The van der Waals surface area contributed by atoms with Crippen molar-refractivity contribution in [2.45, 2.75) is 134 Å². The van der Waals surface area contributed by atoms with Crippen LogP contribution in [-0.4, -0.2) is 29.4 Å². The van der Waals surface area contributed by atoms with E-state index in [2.05, 4.69) is 6.92 Å². The fraction of sp³-hybridized carbons (Fsp3) is 1.00. The molecule has 158 valence electrons. The maximum atomic E-state index is 11.3. The molecule has 2 unspecified atom stereocenters. The fourth-order valence-electron chi connectivity index (χ4n) is 3.46. The maximum Gasteiger partial charge on any atom is 1.00 e. The van der Waals surface area contributed by atoms with Crippen LogP contribution >= 0.6 is 0 Å². The van der Waals surface area contributed by atoms with Gasteiger partial charge in [-0.1, -0.05) is 90.9 Å². The zero-order valence-corrected chi connectivity index (χ0v) is 22.2. The first-order valence-corrected chi connectivity index (χ1v) is 12.5. The molecule has 0 bridgehead atoms. The quantitative estimate of drug-likeness (QED) is 0.194. The summed E-state index contributed by atoms with van der Waals surface area (Å²) in [7, 11) is -4.20. The van der Waals surface area contributed by atoms with Gasteiger partial charge in [0.05, 0.1) is 16.2 Å². The summed E-state index contributed by atoms with van der Waals surface area (Å²) in [4.78, 5) is 0. The van der Waals surface area contributed by atoms with E-state index in [1.807, 2.05) is 6.92 Å². The first kappa shape index (κ1) is 30.7. The normalized spacial score (nSPS) is 13.9. The molecule has 2 atom stereocenters. The molecule has 0 aliphatic carbocycles. The third-order valence-corrected chi connectivity index (χ3v) is 6.53. The summed E-state index contributed by atoms with van der Waals surface area (Å²) in [6, 6.07) is 0. The van der Waals surface area contributed by atoms with Crippen molar-refractivity contribution in [3.8, 4) is 0 Å². The van der Waals surface area contributed by atoms with E-state index < -0.39 is 15.4 Å². The molecule has 0 fully saturated rings. The summed E-state index contributed by atoms with van der Waals surface area (Å²) in [5, 5.41) is 9.27. The zero-order chi connectivity index (χ0) is 19.7. The number of unbranched alkanes of at least 4 members (excludes halogenated alkanes) is 10. The second kappa shape index (κ2) is 20.8. The van der Waals surface area contributed by atoms with Gasteiger partial charge in [0.1, 0.15) is 0 Å². The molecule has 0 saturated heterocycles. The van der Waals surface area contributed by atoms with E-state index in [9.17, 15) is 18.1 Å². The van der Waals surface area contributed by atoms with Crippen LogP contribution in [0.15, 0.2) is 0 Å². The smallest absolute Gasteiger partial charge is 0.748 e. The van der Waals surface area contributed by atoms with Crippen LogP contribution in [0.5, 0.6) is 0 Å². The third kappa shape index (κ3) is 20.6. The standard InChI is InChI=1S/C21H44O4S.K/c1-3-5-7-8-9-10-11-12-13-14-16-20(22)17-15-19-21(18-6-4-2)26(23,24)25;/h20-22H,3-19H2,1-2H3,(H,23,24,25);/q;+1/p-1. The van der Waals surface area contributed by atoms with Crippen LogP contribution in [0.2, 0.25) is 0 Å². The molecule has 27 heavy (non-hydrogen) atoms. The van der Waals surface area contributed by atoms with Crippen LogP contribution in [-0.2, 0) is 10.1 Å². The molecular weight excluding hydrogens is 387 g/mol. The van der Waals surface area contributed by atoms with Crippen molar-refractivity contribution >= 4 is 10.1 Å². The van der Waals surface area contributed by atoms with Gasteiger partial charge in [-0.25, -0.2) is 8.42 Å². The van der Waals surface area contributed by atoms with Crippen molar-refractivity contribution in [1.82, 2.24) is 0 Å². The zero-order valence-electron chi connectivity index (χ0n) is 18.3. The van der Waals surface area contributed by atoms with E-state index in [0.717, 1.165) is 25.7 Å². The minimum absolute atomic E-state index is 0. The van der Waals surface area contributed by atoms with Crippen LogP contribution in [0.1, 0.15) is 123 Å². The van der Waals surface area contributed by atoms with Crippen LogP contribution in [0.3, 0.4) is 0 Å². The third-order valence-electron chi connectivity index (χ3n) is 5.24. The summed E-state index contributed by atoms with van der Waals surface area (Å²) >= 11 is 0. The molecule has 0 rings (SSSR count). The molecule has 0 aromatic carbocycles. The molecule has 6 heteroatoms. The largest absolute Gasteiger partial charge is 1.00 e. The van der Waals surface area contributed by atoms with Gasteiger partial charge in [-0.15, -0.1) is 0 Å². The molecule has 0 spiro atoms. The summed E-state index contributed by atoms with van der Waals surface area (Å²) in [6.45, 7) is 4.23. The van der Waals surface area contributed by atoms with Gasteiger partial charge in [-0.3, -0.25) is 0 Å². The molecular formula is C21H43KO4S. The first-order valence-electron chi connectivity index (χ1n) is 11.0. The average molecular weight is 431 g/mol. The minimum Gasteiger partial charge on any atom is -0.748 e. The molecule has 0 aromatic heterocycles. The molecule has 0 amide bonds. The second-order valence-corrected chi connectivity index (χ2v) is 9.46. The van der Waals surface area contributed by atoms with Crippen molar-refractivity contribution in [1.29, 1.82) is 0 Å². The van der Waals surface area contributed by atoms with E-state index >= 15 is 0 Å². The predicted octanol–water partition coefficient (Wildman–Crippen LogP) is 2.94. The van der Waals surface area contributed by atoms with Crippen LogP contribution in [0.4, 0.5) is 0 Å². The van der Waals surface area contributed by atoms with Gasteiger partial charge in [0.25, 0.3) is 0 Å². The monoisotopic (exact) mass is 430 g/mol. The van der Waals surface area contributed by atoms with Gasteiger partial charge in [0.15, 0.2) is 0 Å². The van der Waals surface area contributed by atoms with Gasteiger partial charge < -0.3 is 9.66 Å². The van der Waals surface area contributed by atoms with E-state index in [4.69, 9.17) is 0 Å². The Morgan fingerprint density at radius 1 is 0.667 bits per heavy atom. The Morgan fingerprint density at radius 3 is 1.56 bits per heavy atom. The van der Waals surface area contributed by atoms with E-state index in [1.54, 1.807) is 0 Å². The van der Waals surface area contributed by atoms with Crippen LogP contribution in [0, 0.1) is 0 Å². The predicted molar refractivity (Wildman–Crippen MR) is 109 cm³/mol. The SMILES string of the molecule is CCCCCCCCCCCCC(O)CCCC(CCCC)S(=O)(=O)[O-].[K+]. The van der Waals surface area contributed by atoms with Crippen LogP contribution < -0.4 is 51.4 Å². The maximum absolute atomic E-state index is 11.3. The van der Waals surface area contributed by atoms with Crippen molar-refractivity contribution in [2.75, 3.05) is 0 Å². The number of aliphatic hydroxyl groups excluding tert-OH is 1. The summed E-state index contributed by atoms with van der Waals surface area (Å²) in [6.07, 6.45) is 17.0. The Bertz CT molecular complexity index is 401. The van der Waals surface area contributed by atoms with Crippen molar-refractivity contribution in [3.63, 3.8) is 0 Å². The van der Waals surface area contributed by atoms with Crippen molar-refractivity contribution in [3.05, 3.63) is 0 Å². The Balaban J connectivity index is 0. The topological polar surface area (TPSA) is 77.4 Å². The molecule has 0 aromatic rings. The summed E-state index contributed by atoms with van der Waals surface area (Å²) < 4.78 is 33.8. The van der Waals surface area contributed by atoms with Gasteiger partial charge in [-0.2, -0.15) is 0 Å². The van der Waals surface area contributed by atoms with Gasteiger partial charge >= 0.3 is 51.4 Å². The molecule has 0 heterocycles. The molecule has 0 saturated carbocycles. The first-order chi connectivity index (χ1) is 12.4. The molecule has 0 aliphatic heterocycles. The molecule has 0 aliphatic rings. The number of hydrogen-bond acceptors (Lipinski definition) is 4. The fourth-order valence-corrected chi connectivity index (χ4v) is 4.37. The number of rotatable bonds is 19. The van der Waals surface area contributed by atoms with Crippen molar-refractivity contribution in [2.24, 2.45) is 0 Å². The van der Waals surface area contributed by atoms with E-state index in [0.29, 0.717) is 25.7 Å². The number of aliphatic hydroxyl groups is 1. The number of hydrogen-bond donors (Lipinski definition) is 1. The Labute approximate surface area is 211 Å². The Kier molecular flexibility index (Phi) is 23.6. The molecule has 4 nitrogen and oxygen atoms in total. The van der Waals surface area contributed by atoms with Crippen molar-refractivity contribution < 1.29 is 69.5 Å². The van der Waals surface area contributed by atoms with Gasteiger partial charge in [0.2, 0.25) is 0 Å². The summed E-state index contributed by atoms with van der Waals surface area (Å²) in [5.41, 5.74) is 0. The minimum atomic E-state index is -4.20.